The molecule has 7 nitrogen and oxygen atoms in total. The Balaban J connectivity index is 1.92. The van der Waals surface area contributed by atoms with Crippen molar-refractivity contribution in [2.24, 2.45) is 0 Å². The standard InChI is InChI=1S/C16H24F3N5O2/c1-15(2,3)26-14(25)23-10-6-4-9(5-7-10)22-12-11(16(17,18)19)8-21-13(20)24-12/h8-10H,4-7H2,1-3H3,(H,23,25)(H3,20,21,22,24). The summed E-state index contributed by atoms with van der Waals surface area (Å²) < 4.78 is 44.4. The zero-order chi connectivity index (χ0) is 19.5. The summed E-state index contributed by atoms with van der Waals surface area (Å²) in [5.74, 6) is -0.533. The lowest BCUT2D eigenvalue weighted by molar-refractivity contribution is -0.137. The summed E-state index contributed by atoms with van der Waals surface area (Å²) in [4.78, 5) is 18.9. The van der Waals surface area contributed by atoms with Gasteiger partial charge in [0.2, 0.25) is 5.95 Å². The van der Waals surface area contributed by atoms with Crippen molar-refractivity contribution in [1.29, 1.82) is 0 Å². The number of hydrogen-bond acceptors (Lipinski definition) is 6. The highest BCUT2D eigenvalue weighted by atomic mass is 19.4. The van der Waals surface area contributed by atoms with Gasteiger partial charge in [0.05, 0.1) is 0 Å². The van der Waals surface area contributed by atoms with E-state index in [0.29, 0.717) is 31.9 Å². The van der Waals surface area contributed by atoms with Gasteiger partial charge in [0, 0.05) is 18.3 Å². The van der Waals surface area contributed by atoms with Gasteiger partial charge in [-0.2, -0.15) is 18.2 Å². The average Bonchev–Trinajstić information content (AvgIpc) is 2.46. The third-order valence-corrected chi connectivity index (χ3v) is 3.90. The number of alkyl carbamates (subject to hydrolysis) is 1. The smallest absolute Gasteiger partial charge is 0.421 e. The molecule has 1 heterocycles. The van der Waals surface area contributed by atoms with Crippen molar-refractivity contribution < 1.29 is 22.7 Å². The lowest BCUT2D eigenvalue weighted by Gasteiger charge is -2.31. The third-order valence-electron chi connectivity index (χ3n) is 3.90. The minimum Gasteiger partial charge on any atom is -0.444 e. The molecule has 10 heteroatoms. The molecule has 1 aliphatic rings. The highest BCUT2D eigenvalue weighted by Crippen LogP contribution is 2.34. The Bertz CT molecular complexity index is 638. The molecular weight excluding hydrogens is 351 g/mol. The molecule has 146 valence electrons. The van der Waals surface area contributed by atoms with Crippen LogP contribution < -0.4 is 16.4 Å². The molecule has 0 unspecified atom stereocenters. The molecule has 26 heavy (non-hydrogen) atoms. The number of hydrogen-bond donors (Lipinski definition) is 3. The Morgan fingerprint density at radius 1 is 1.19 bits per heavy atom. The van der Waals surface area contributed by atoms with Crippen LogP contribution in [0.15, 0.2) is 6.20 Å². The monoisotopic (exact) mass is 375 g/mol. The number of rotatable bonds is 3. The van der Waals surface area contributed by atoms with Crippen LogP contribution in [0.3, 0.4) is 0 Å². The van der Waals surface area contributed by atoms with Gasteiger partial charge in [0.25, 0.3) is 0 Å². The molecule has 1 aliphatic carbocycles. The molecule has 4 N–H and O–H groups in total. The molecule has 0 spiro atoms. The Morgan fingerprint density at radius 3 is 2.31 bits per heavy atom. The summed E-state index contributed by atoms with van der Waals surface area (Å²) in [6.45, 7) is 5.33. The zero-order valence-corrected chi connectivity index (χ0v) is 15.0. The van der Waals surface area contributed by atoms with Crippen LogP contribution in [0.4, 0.5) is 29.7 Å². The number of aromatic nitrogens is 2. The first-order valence-corrected chi connectivity index (χ1v) is 8.40. The van der Waals surface area contributed by atoms with Crippen LogP contribution in [-0.2, 0) is 10.9 Å². The predicted octanol–water partition coefficient (Wildman–Crippen LogP) is 3.33. The van der Waals surface area contributed by atoms with Gasteiger partial charge in [-0.25, -0.2) is 9.78 Å². The Hall–Kier alpha value is -2.26. The van der Waals surface area contributed by atoms with Gasteiger partial charge in [0.1, 0.15) is 17.0 Å². The fourth-order valence-electron chi connectivity index (χ4n) is 2.76. The molecule has 1 amide bonds. The second-order valence-electron chi connectivity index (χ2n) is 7.33. The van der Waals surface area contributed by atoms with E-state index in [1.165, 1.54) is 0 Å². The highest BCUT2D eigenvalue weighted by molar-refractivity contribution is 5.68. The van der Waals surface area contributed by atoms with E-state index in [0.717, 1.165) is 0 Å². The second kappa shape index (κ2) is 7.55. The van der Waals surface area contributed by atoms with Crippen LogP contribution in [0.5, 0.6) is 0 Å². The quantitative estimate of drug-likeness (QED) is 0.749. The zero-order valence-electron chi connectivity index (χ0n) is 15.0. The van der Waals surface area contributed by atoms with Crippen molar-refractivity contribution in [3.63, 3.8) is 0 Å². The van der Waals surface area contributed by atoms with E-state index >= 15 is 0 Å². The third kappa shape index (κ3) is 5.92. The van der Waals surface area contributed by atoms with Gasteiger partial charge in [-0.15, -0.1) is 0 Å². The van der Waals surface area contributed by atoms with Crippen molar-refractivity contribution in [2.75, 3.05) is 11.1 Å². The van der Waals surface area contributed by atoms with E-state index < -0.39 is 23.4 Å². The first kappa shape index (κ1) is 20.1. The van der Waals surface area contributed by atoms with Crippen LogP contribution in [0, 0.1) is 0 Å². The summed E-state index contributed by atoms with van der Waals surface area (Å²) in [6.07, 6.45) is -1.95. The second-order valence-corrected chi connectivity index (χ2v) is 7.33. The van der Waals surface area contributed by atoms with Crippen molar-refractivity contribution in [3.05, 3.63) is 11.8 Å². The Labute approximate surface area is 149 Å². The van der Waals surface area contributed by atoms with Crippen LogP contribution in [0.2, 0.25) is 0 Å². The number of carbonyl (C=O) groups excluding carboxylic acids is 1. The van der Waals surface area contributed by atoms with Crippen LogP contribution in [-0.4, -0.2) is 33.7 Å². The predicted molar refractivity (Wildman–Crippen MR) is 90.5 cm³/mol. The molecule has 1 aromatic heterocycles. The molecule has 0 radical (unpaired) electrons. The van der Waals surface area contributed by atoms with E-state index in [-0.39, 0.29) is 23.8 Å². The summed E-state index contributed by atoms with van der Waals surface area (Å²) in [7, 11) is 0. The van der Waals surface area contributed by atoms with Crippen LogP contribution >= 0.6 is 0 Å². The molecule has 1 saturated carbocycles. The van der Waals surface area contributed by atoms with Gasteiger partial charge in [0.15, 0.2) is 0 Å². The number of anilines is 2. The van der Waals surface area contributed by atoms with Gasteiger partial charge in [-0.1, -0.05) is 0 Å². The largest absolute Gasteiger partial charge is 0.444 e. The maximum absolute atomic E-state index is 13.1. The Morgan fingerprint density at radius 2 is 1.77 bits per heavy atom. The lowest BCUT2D eigenvalue weighted by atomic mass is 9.91. The minimum atomic E-state index is -4.56. The molecule has 1 fully saturated rings. The molecular formula is C16H24F3N5O2. The van der Waals surface area contributed by atoms with Crippen molar-refractivity contribution >= 4 is 17.9 Å². The maximum Gasteiger partial charge on any atom is 0.421 e. The lowest BCUT2D eigenvalue weighted by Crippen LogP contribution is -2.42. The van der Waals surface area contributed by atoms with Gasteiger partial charge in [-0.3, -0.25) is 0 Å². The van der Waals surface area contributed by atoms with Crippen molar-refractivity contribution in [1.82, 2.24) is 15.3 Å². The van der Waals surface area contributed by atoms with E-state index in [1.54, 1.807) is 20.8 Å². The van der Waals surface area contributed by atoms with Gasteiger partial charge in [-0.05, 0) is 46.5 Å². The number of alkyl halides is 3. The number of ether oxygens (including phenoxy) is 1. The van der Waals surface area contributed by atoms with E-state index in [1.807, 2.05) is 0 Å². The topological polar surface area (TPSA) is 102 Å². The average molecular weight is 375 g/mol. The van der Waals surface area contributed by atoms with Crippen molar-refractivity contribution in [3.8, 4) is 0 Å². The summed E-state index contributed by atoms with van der Waals surface area (Å²) in [5, 5.41) is 5.60. The molecule has 0 bridgehead atoms. The summed E-state index contributed by atoms with van der Waals surface area (Å²) >= 11 is 0. The summed E-state index contributed by atoms with van der Waals surface area (Å²) in [5.41, 5.74) is 3.89. The number of amides is 1. The number of halogens is 3. The molecule has 0 aromatic carbocycles. The normalized spacial score (nSPS) is 21.2. The number of nitrogens with two attached hydrogens (primary N) is 1. The van der Waals surface area contributed by atoms with Gasteiger partial charge >= 0.3 is 12.3 Å². The molecule has 1 aromatic rings. The van der Waals surface area contributed by atoms with E-state index in [4.69, 9.17) is 10.5 Å². The fraction of sp³-hybridized carbons (Fsp3) is 0.688. The number of nitrogens with one attached hydrogen (secondary N) is 2. The fourth-order valence-corrected chi connectivity index (χ4v) is 2.76. The number of nitrogen functional groups attached to an aromatic ring is 1. The van der Waals surface area contributed by atoms with Crippen LogP contribution in [0.25, 0.3) is 0 Å². The van der Waals surface area contributed by atoms with Crippen molar-refractivity contribution in [2.45, 2.75) is 70.3 Å². The summed E-state index contributed by atoms with van der Waals surface area (Å²) in [6, 6.07) is -0.262. The SMILES string of the molecule is CC(C)(C)OC(=O)NC1CCC(Nc2nc(N)ncc2C(F)(F)F)CC1. The highest BCUT2D eigenvalue weighted by Gasteiger charge is 2.36. The maximum atomic E-state index is 13.1. The first-order chi connectivity index (χ1) is 11.9. The van der Waals surface area contributed by atoms with Gasteiger partial charge < -0.3 is 21.1 Å². The number of nitrogens with zero attached hydrogens (tertiary/aromatic N) is 2. The number of carbonyl (C=O) groups is 1. The first-order valence-electron chi connectivity index (χ1n) is 8.40. The molecule has 0 atom stereocenters. The van der Waals surface area contributed by atoms with Crippen LogP contribution in [0.1, 0.15) is 52.0 Å². The minimum absolute atomic E-state index is 0.0690. The Kier molecular flexibility index (Phi) is 5.82. The van der Waals surface area contributed by atoms with E-state index in [9.17, 15) is 18.0 Å². The molecule has 0 saturated heterocycles. The van der Waals surface area contributed by atoms with E-state index in [2.05, 4.69) is 20.6 Å². The molecule has 2 rings (SSSR count). The molecule has 0 aliphatic heterocycles.